The monoisotopic (exact) mass is 409 g/mol. The fraction of sp³-hybridized carbons (Fsp3) is 0.391. The maximum Gasteiger partial charge on any atom is 0.253 e. The van der Waals surface area contributed by atoms with Gasteiger partial charge in [-0.1, -0.05) is 24.3 Å². The maximum absolute atomic E-state index is 12.8. The molecule has 1 fully saturated rings. The predicted molar refractivity (Wildman–Crippen MR) is 115 cm³/mol. The first-order chi connectivity index (χ1) is 14.6. The Hall–Kier alpha value is -2.74. The predicted octanol–water partition coefficient (Wildman–Crippen LogP) is 2.51. The van der Waals surface area contributed by atoms with Crippen molar-refractivity contribution in [1.29, 1.82) is 0 Å². The number of hydrogen-bond acceptors (Lipinski definition) is 5. The van der Waals surface area contributed by atoms with Crippen LogP contribution in [0.5, 0.6) is 0 Å². The fourth-order valence-electron chi connectivity index (χ4n) is 3.87. The maximum atomic E-state index is 12.8. The van der Waals surface area contributed by atoms with Crippen LogP contribution in [0.15, 0.2) is 42.5 Å². The quantitative estimate of drug-likeness (QED) is 0.822. The first-order valence-electron chi connectivity index (χ1n) is 10.3. The van der Waals surface area contributed by atoms with Gasteiger partial charge in [0.25, 0.3) is 5.91 Å². The average Bonchev–Trinajstić information content (AvgIpc) is 2.90. The average molecular weight is 409 g/mol. The Morgan fingerprint density at radius 2 is 1.80 bits per heavy atom. The number of amides is 2. The summed E-state index contributed by atoms with van der Waals surface area (Å²) in [5.41, 5.74) is 4.62. The number of carbonyl (C=O) groups excluding carboxylic acids is 2. The molecule has 0 saturated carbocycles. The summed E-state index contributed by atoms with van der Waals surface area (Å²) in [5.74, 6) is -0.128. The van der Waals surface area contributed by atoms with Gasteiger partial charge in [0.1, 0.15) is 6.61 Å². The topological polar surface area (TPSA) is 71.1 Å². The lowest BCUT2D eigenvalue weighted by Crippen LogP contribution is -2.43. The zero-order chi connectivity index (χ0) is 20.9. The van der Waals surface area contributed by atoms with Gasteiger partial charge in [0.2, 0.25) is 5.91 Å². The molecule has 1 N–H and O–H groups in total. The molecule has 158 valence electrons. The Kier molecular flexibility index (Phi) is 6.42. The van der Waals surface area contributed by atoms with Crippen molar-refractivity contribution in [3.8, 4) is 11.1 Å². The van der Waals surface area contributed by atoms with Gasteiger partial charge in [0.05, 0.1) is 19.8 Å². The highest BCUT2D eigenvalue weighted by Gasteiger charge is 2.24. The number of benzene rings is 2. The molecule has 0 atom stereocenters. The number of fused-ring (bicyclic) bond motifs is 1. The number of nitrogens with zero attached hydrogens (tertiary/aromatic N) is 2. The zero-order valence-corrected chi connectivity index (χ0v) is 17.2. The number of ether oxygens (including phenoxy) is 2. The second-order valence-electron chi connectivity index (χ2n) is 7.60. The van der Waals surface area contributed by atoms with E-state index in [1.165, 1.54) is 6.92 Å². The van der Waals surface area contributed by atoms with Gasteiger partial charge in [-0.2, -0.15) is 0 Å². The van der Waals surface area contributed by atoms with Crippen molar-refractivity contribution >= 4 is 23.2 Å². The van der Waals surface area contributed by atoms with E-state index in [9.17, 15) is 9.59 Å². The molecule has 0 spiro atoms. The first-order valence-corrected chi connectivity index (χ1v) is 10.3. The van der Waals surface area contributed by atoms with Crippen LogP contribution < -0.4 is 10.2 Å². The molecule has 0 aliphatic carbocycles. The SMILES string of the molecule is CC(=O)Nc1cccc(-c2ccc3c(c2)N(CCN2CCOCC2)C(=O)COC3)c1. The van der Waals surface area contributed by atoms with Crippen molar-refractivity contribution in [1.82, 2.24) is 4.90 Å². The standard InChI is InChI=1S/C23H27N3O4/c1-17(27)24-21-4-2-3-18(13-21)19-5-6-20-15-30-16-23(28)26(22(20)14-19)8-7-25-9-11-29-12-10-25/h2-6,13-14H,7-12,15-16H2,1H3,(H,24,27). The summed E-state index contributed by atoms with van der Waals surface area (Å²) in [6.45, 7) is 6.68. The van der Waals surface area contributed by atoms with Crippen LogP contribution in [0.3, 0.4) is 0 Å². The Labute approximate surface area is 176 Å². The molecule has 2 amide bonds. The lowest BCUT2D eigenvalue weighted by molar-refractivity contribution is -0.123. The van der Waals surface area contributed by atoms with Crippen LogP contribution >= 0.6 is 0 Å². The third-order valence-electron chi connectivity index (χ3n) is 5.42. The molecule has 2 aromatic rings. The zero-order valence-electron chi connectivity index (χ0n) is 17.2. The highest BCUT2D eigenvalue weighted by molar-refractivity contribution is 5.96. The molecular weight excluding hydrogens is 382 g/mol. The van der Waals surface area contributed by atoms with Crippen molar-refractivity contribution in [2.75, 3.05) is 56.2 Å². The second-order valence-corrected chi connectivity index (χ2v) is 7.60. The minimum absolute atomic E-state index is 0.0221. The summed E-state index contributed by atoms with van der Waals surface area (Å²) < 4.78 is 11.0. The van der Waals surface area contributed by atoms with E-state index >= 15 is 0 Å². The Morgan fingerprint density at radius 1 is 1.00 bits per heavy atom. The van der Waals surface area contributed by atoms with Gasteiger partial charge in [0.15, 0.2) is 0 Å². The molecular formula is C23H27N3O4. The smallest absolute Gasteiger partial charge is 0.253 e. The number of anilines is 2. The van der Waals surface area contributed by atoms with Gasteiger partial charge in [-0.25, -0.2) is 0 Å². The summed E-state index contributed by atoms with van der Waals surface area (Å²) in [7, 11) is 0. The molecule has 4 rings (SSSR count). The van der Waals surface area contributed by atoms with Crippen LogP contribution in [-0.4, -0.2) is 62.7 Å². The lowest BCUT2D eigenvalue weighted by Gasteiger charge is -2.30. The fourth-order valence-corrected chi connectivity index (χ4v) is 3.87. The van der Waals surface area contributed by atoms with Crippen molar-refractivity contribution in [2.24, 2.45) is 0 Å². The Bertz CT molecular complexity index is 924. The summed E-state index contributed by atoms with van der Waals surface area (Å²) >= 11 is 0. The molecule has 0 aromatic heterocycles. The van der Waals surface area contributed by atoms with Gasteiger partial charge in [0, 0.05) is 50.0 Å². The molecule has 0 radical (unpaired) electrons. The number of carbonyl (C=O) groups is 2. The first kappa shape index (κ1) is 20.5. The van der Waals surface area contributed by atoms with Crippen LogP contribution in [0.1, 0.15) is 12.5 Å². The number of nitrogens with one attached hydrogen (secondary N) is 1. The molecule has 2 aliphatic rings. The van der Waals surface area contributed by atoms with Crippen LogP contribution in [-0.2, 0) is 25.7 Å². The summed E-state index contributed by atoms with van der Waals surface area (Å²) in [6, 6.07) is 13.8. The van der Waals surface area contributed by atoms with E-state index in [1.807, 2.05) is 47.4 Å². The van der Waals surface area contributed by atoms with Crippen molar-refractivity contribution in [2.45, 2.75) is 13.5 Å². The highest BCUT2D eigenvalue weighted by atomic mass is 16.5. The largest absolute Gasteiger partial charge is 0.379 e. The van der Waals surface area contributed by atoms with E-state index in [4.69, 9.17) is 9.47 Å². The van der Waals surface area contributed by atoms with Crippen molar-refractivity contribution < 1.29 is 19.1 Å². The third-order valence-corrected chi connectivity index (χ3v) is 5.42. The number of rotatable bonds is 5. The van der Waals surface area contributed by atoms with Gasteiger partial charge in [-0.15, -0.1) is 0 Å². The van der Waals surface area contributed by atoms with E-state index in [0.717, 1.165) is 60.9 Å². The lowest BCUT2D eigenvalue weighted by atomic mass is 10.0. The molecule has 2 heterocycles. The van der Waals surface area contributed by atoms with Gasteiger partial charge < -0.3 is 19.7 Å². The van der Waals surface area contributed by atoms with E-state index in [0.29, 0.717) is 13.2 Å². The van der Waals surface area contributed by atoms with Gasteiger partial charge in [-0.05, 0) is 29.3 Å². The van der Waals surface area contributed by atoms with E-state index < -0.39 is 0 Å². The summed E-state index contributed by atoms with van der Waals surface area (Å²) in [4.78, 5) is 28.3. The molecule has 0 bridgehead atoms. The summed E-state index contributed by atoms with van der Waals surface area (Å²) in [6.07, 6.45) is 0. The molecule has 0 unspecified atom stereocenters. The number of hydrogen-bond donors (Lipinski definition) is 1. The van der Waals surface area contributed by atoms with Crippen LogP contribution in [0, 0.1) is 0 Å². The van der Waals surface area contributed by atoms with Crippen molar-refractivity contribution in [3.05, 3.63) is 48.0 Å². The minimum atomic E-state index is -0.105. The molecule has 2 aromatic carbocycles. The third kappa shape index (κ3) is 4.87. The molecule has 2 aliphatic heterocycles. The molecule has 7 nitrogen and oxygen atoms in total. The molecule has 30 heavy (non-hydrogen) atoms. The highest BCUT2D eigenvalue weighted by Crippen LogP contribution is 2.31. The van der Waals surface area contributed by atoms with Crippen LogP contribution in [0.4, 0.5) is 11.4 Å². The van der Waals surface area contributed by atoms with E-state index in [2.05, 4.69) is 10.2 Å². The van der Waals surface area contributed by atoms with E-state index in [-0.39, 0.29) is 18.4 Å². The normalized spacial score (nSPS) is 17.4. The van der Waals surface area contributed by atoms with E-state index in [1.54, 1.807) is 0 Å². The minimum Gasteiger partial charge on any atom is -0.379 e. The van der Waals surface area contributed by atoms with Crippen LogP contribution in [0.25, 0.3) is 11.1 Å². The van der Waals surface area contributed by atoms with Crippen molar-refractivity contribution in [3.63, 3.8) is 0 Å². The second kappa shape index (κ2) is 9.38. The Balaban J connectivity index is 1.60. The molecule has 7 heteroatoms. The molecule has 1 saturated heterocycles. The van der Waals surface area contributed by atoms with Gasteiger partial charge in [-0.3, -0.25) is 14.5 Å². The number of morpholine rings is 1. The Morgan fingerprint density at radius 3 is 2.60 bits per heavy atom. The van der Waals surface area contributed by atoms with Gasteiger partial charge >= 0.3 is 0 Å². The van der Waals surface area contributed by atoms with Crippen LogP contribution in [0.2, 0.25) is 0 Å². The summed E-state index contributed by atoms with van der Waals surface area (Å²) in [5, 5.41) is 2.82.